The van der Waals surface area contributed by atoms with Crippen molar-refractivity contribution < 1.29 is 18.7 Å². The second kappa shape index (κ2) is 9.31. The predicted octanol–water partition coefficient (Wildman–Crippen LogP) is 3.01. The van der Waals surface area contributed by atoms with E-state index in [2.05, 4.69) is 34.1 Å². The molecule has 1 aromatic carbocycles. The van der Waals surface area contributed by atoms with Crippen molar-refractivity contribution in [3.8, 4) is 0 Å². The van der Waals surface area contributed by atoms with Crippen molar-refractivity contribution in [1.29, 1.82) is 0 Å². The minimum Gasteiger partial charge on any atom is -0.453 e. The minimum atomic E-state index is -0.0646. The summed E-state index contributed by atoms with van der Waals surface area (Å²) >= 11 is 0. The molecule has 2 amide bonds. The van der Waals surface area contributed by atoms with Gasteiger partial charge in [0.15, 0.2) is 5.76 Å². The van der Waals surface area contributed by atoms with Crippen molar-refractivity contribution in [3.05, 3.63) is 59.5 Å². The normalized spacial score (nSPS) is 22.5. The van der Waals surface area contributed by atoms with Gasteiger partial charge in [0.05, 0.1) is 0 Å². The smallest absolute Gasteiger partial charge is 0.289 e. The highest BCUT2D eigenvalue weighted by molar-refractivity contribution is 5.91. The zero-order valence-corrected chi connectivity index (χ0v) is 19.4. The van der Waals surface area contributed by atoms with Crippen LogP contribution in [0.1, 0.15) is 41.1 Å². The Hall–Kier alpha value is -2.64. The highest BCUT2D eigenvalue weighted by Gasteiger charge is 2.59. The topological polar surface area (TPSA) is 66.2 Å². The number of hydrogen-bond acceptors (Lipinski definition) is 5. The summed E-state index contributed by atoms with van der Waals surface area (Å²) in [7, 11) is 1.60. The Morgan fingerprint density at radius 1 is 0.970 bits per heavy atom. The van der Waals surface area contributed by atoms with Crippen LogP contribution in [-0.2, 0) is 22.7 Å². The monoisotopic (exact) mass is 451 g/mol. The summed E-state index contributed by atoms with van der Waals surface area (Å²) < 4.78 is 10.7. The third-order valence-electron chi connectivity index (χ3n) is 7.63. The summed E-state index contributed by atoms with van der Waals surface area (Å²) in [6, 6.07) is 14.0. The van der Waals surface area contributed by atoms with E-state index in [4.69, 9.17) is 9.15 Å². The third kappa shape index (κ3) is 4.70. The molecule has 2 saturated heterocycles. The van der Waals surface area contributed by atoms with Crippen LogP contribution < -0.4 is 0 Å². The van der Waals surface area contributed by atoms with Crippen LogP contribution in [0.5, 0.6) is 0 Å². The Bertz CT molecular complexity index is 972. The molecule has 33 heavy (non-hydrogen) atoms. The Kier molecular flexibility index (Phi) is 6.25. The van der Waals surface area contributed by atoms with Gasteiger partial charge in [-0.15, -0.1) is 0 Å². The number of carbonyl (C=O) groups excluding carboxylic acids is 2. The molecular formula is C26H33N3O4. The van der Waals surface area contributed by atoms with Gasteiger partial charge in [-0.3, -0.25) is 14.5 Å². The van der Waals surface area contributed by atoms with Gasteiger partial charge in [0.2, 0.25) is 5.91 Å². The number of piperazine rings is 1. The number of likely N-dealkylation sites (tertiary alicyclic amines) is 1. The summed E-state index contributed by atoms with van der Waals surface area (Å²) in [5.74, 6) is 1.42. The molecule has 1 spiro atoms. The second-order valence-electron chi connectivity index (χ2n) is 9.70. The number of ether oxygens (including phenoxy) is 1. The highest BCUT2D eigenvalue weighted by Crippen LogP contribution is 2.60. The van der Waals surface area contributed by atoms with Crippen molar-refractivity contribution in [2.24, 2.45) is 11.3 Å². The SMILES string of the molecule is COCc1ccc(C(=O)N2CCC3(CC2)C[C@H]3C(=O)N2CCN(Cc3ccccc3)CC2)o1. The fourth-order valence-corrected chi connectivity index (χ4v) is 5.46. The lowest BCUT2D eigenvalue weighted by atomic mass is 9.90. The van der Waals surface area contributed by atoms with Crippen LogP contribution in [-0.4, -0.2) is 72.9 Å². The van der Waals surface area contributed by atoms with Crippen LogP contribution >= 0.6 is 0 Å². The Morgan fingerprint density at radius 3 is 2.39 bits per heavy atom. The zero-order valence-electron chi connectivity index (χ0n) is 19.4. The van der Waals surface area contributed by atoms with Gasteiger partial charge >= 0.3 is 0 Å². The molecule has 5 rings (SSSR count). The van der Waals surface area contributed by atoms with Crippen LogP contribution in [0.2, 0.25) is 0 Å². The highest BCUT2D eigenvalue weighted by atomic mass is 16.5. The van der Waals surface area contributed by atoms with E-state index in [1.165, 1.54) is 5.56 Å². The standard InChI is InChI=1S/C26H33N3O4/c1-32-19-21-7-8-23(33-21)25(31)28-11-9-26(10-12-28)17-22(26)24(30)29-15-13-27(14-16-29)18-20-5-3-2-4-6-20/h2-8,22H,9-19H2,1H3/t22-/m0/s1. The van der Waals surface area contributed by atoms with Gasteiger partial charge < -0.3 is 19.0 Å². The molecule has 3 aliphatic rings. The van der Waals surface area contributed by atoms with Crippen LogP contribution in [0.25, 0.3) is 0 Å². The maximum Gasteiger partial charge on any atom is 0.289 e. The molecule has 2 aromatic rings. The van der Waals surface area contributed by atoms with Gasteiger partial charge in [-0.1, -0.05) is 30.3 Å². The van der Waals surface area contributed by atoms with E-state index in [1.807, 2.05) is 11.0 Å². The van der Waals surface area contributed by atoms with E-state index < -0.39 is 0 Å². The summed E-state index contributed by atoms with van der Waals surface area (Å²) in [6.45, 7) is 6.16. The number of amides is 2. The van der Waals surface area contributed by atoms with Crippen LogP contribution in [0.4, 0.5) is 0 Å². The number of methoxy groups -OCH3 is 1. The molecule has 7 nitrogen and oxygen atoms in total. The predicted molar refractivity (Wildman–Crippen MR) is 123 cm³/mol. The fourth-order valence-electron chi connectivity index (χ4n) is 5.46. The summed E-state index contributed by atoms with van der Waals surface area (Å²) in [5.41, 5.74) is 1.42. The first-order valence-corrected chi connectivity index (χ1v) is 12.0. The van der Waals surface area contributed by atoms with Gasteiger partial charge in [0.25, 0.3) is 5.91 Å². The lowest BCUT2D eigenvalue weighted by molar-refractivity contribution is -0.135. The lowest BCUT2D eigenvalue weighted by Gasteiger charge is -2.36. The van der Waals surface area contributed by atoms with E-state index in [0.29, 0.717) is 37.1 Å². The number of carbonyl (C=O) groups is 2. The molecule has 0 radical (unpaired) electrons. The second-order valence-corrected chi connectivity index (χ2v) is 9.70. The molecule has 0 N–H and O–H groups in total. The van der Waals surface area contributed by atoms with Crippen molar-refractivity contribution >= 4 is 11.8 Å². The van der Waals surface area contributed by atoms with Gasteiger partial charge in [0.1, 0.15) is 12.4 Å². The van der Waals surface area contributed by atoms with E-state index >= 15 is 0 Å². The van der Waals surface area contributed by atoms with Crippen LogP contribution in [0, 0.1) is 11.3 Å². The van der Waals surface area contributed by atoms with Crippen molar-refractivity contribution in [3.63, 3.8) is 0 Å². The van der Waals surface area contributed by atoms with Gasteiger partial charge in [0, 0.05) is 58.8 Å². The Labute approximate surface area is 195 Å². The molecule has 3 fully saturated rings. The number of furan rings is 1. The van der Waals surface area contributed by atoms with E-state index in [-0.39, 0.29) is 17.2 Å². The summed E-state index contributed by atoms with van der Waals surface area (Å²) in [5, 5.41) is 0. The molecule has 1 aromatic heterocycles. The molecular weight excluding hydrogens is 418 g/mol. The molecule has 1 saturated carbocycles. The number of hydrogen-bond donors (Lipinski definition) is 0. The maximum absolute atomic E-state index is 13.2. The molecule has 0 unspecified atom stereocenters. The van der Waals surface area contributed by atoms with E-state index in [0.717, 1.165) is 52.0 Å². The quantitative estimate of drug-likeness (QED) is 0.676. The Morgan fingerprint density at radius 2 is 1.70 bits per heavy atom. The number of benzene rings is 1. The van der Waals surface area contributed by atoms with Crippen molar-refractivity contribution in [1.82, 2.24) is 14.7 Å². The first-order valence-electron chi connectivity index (χ1n) is 12.0. The van der Waals surface area contributed by atoms with Crippen molar-refractivity contribution in [2.45, 2.75) is 32.4 Å². The maximum atomic E-state index is 13.2. The molecule has 7 heteroatoms. The van der Waals surface area contributed by atoms with Crippen molar-refractivity contribution in [2.75, 3.05) is 46.4 Å². The molecule has 2 aliphatic heterocycles. The number of rotatable bonds is 6. The first kappa shape index (κ1) is 22.2. The van der Waals surface area contributed by atoms with Crippen LogP contribution in [0.15, 0.2) is 46.9 Å². The zero-order chi connectivity index (χ0) is 22.8. The van der Waals surface area contributed by atoms with E-state index in [1.54, 1.807) is 19.2 Å². The van der Waals surface area contributed by atoms with Crippen LogP contribution in [0.3, 0.4) is 0 Å². The molecule has 176 valence electrons. The average molecular weight is 452 g/mol. The average Bonchev–Trinajstić information content (AvgIpc) is 3.33. The number of piperidine rings is 1. The lowest BCUT2D eigenvalue weighted by Crippen LogP contribution is -2.49. The Balaban J connectivity index is 1.09. The van der Waals surface area contributed by atoms with Gasteiger partial charge in [-0.25, -0.2) is 0 Å². The third-order valence-corrected chi connectivity index (χ3v) is 7.63. The van der Waals surface area contributed by atoms with E-state index in [9.17, 15) is 9.59 Å². The first-order chi connectivity index (χ1) is 16.1. The summed E-state index contributed by atoms with van der Waals surface area (Å²) in [6.07, 6.45) is 2.76. The van der Waals surface area contributed by atoms with Gasteiger partial charge in [-0.2, -0.15) is 0 Å². The molecule has 1 atom stereocenters. The molecule has 3 heterocycles. The fraction of sp³-hybridized carbons (Fsp3) is 0.538. The minimum absolute atomic E-state index is 0.0646. The molecule has 0 bridgehead atoms. The largest absolute Gasteiger partial charge is 0.453 e. The van der Waals surface area contributed by atoms with Gasteiger partial charge in [-0.05, 0) is 42.4 Å². The molecule has 1 aliphatic carbocycles. The number of nitrogens with zero attached hydrogens (tertiary/aromatic N) is 3. The summed E-state index contributed by atoms with van der Waals surface area (Å²) in [4.78, 5) is 32.3.